The number of carbonyl (C=O) groups excluding carboxylic acids is 1. The molecule has 0 bridgehead atoms. The monoisotopic (exact) mass is 268 g/mol. The van der Waals surface area contributed by atoms with Crippen LogP contribution in [0.3, 0.4) is 0 Å². The van der Waals surface area contributed by atoms with Crippen molar-refractivity contribution in [2.45, 2.75) is 19.1 Å². The SMILES string of the molecule is CC(O)c1cccc(F)c1N1CCOCC1C(N)=O. The van der Waals surface area contributed by atoms with Crippen LogP contribution in [0.25, 0.3) is 0 Å². The molecule has 6 heteroatoms. The number of halogens is 1. The number of benzene rings is 1. The Labute approximate surface area is 110 Å². The van der Waals surface area contributed by atoms with Gasteiger partial charge in [-0.2, -0.15) is 0 Å². The minimum atomic E-state index is -0.831. The maximum Gasteiger partial charge on any atom is 0.242 e. The van der Waals surface area contributed by atoms with Gasteiger partial charge in [-0.3, -0.25) is 4.79 Å². The highest BCUT2D eigenvalue weighted by atomic mass is 19.1. The number of aliphatic hydroxyl groups excluding tert-OH is 1. The second-order valence-electron chi connectivity index (χ2n) is 4.54. The largest absolute Gasteiger partial charge is 0.389 e. The number of rotatable bonds is 3. The lowest BCUT2D eigenvalue weighted by Crippen LogP contribution is -2.53. The van der Waals surface area contributed by atoms with E-state index in [0.717, 1.165) is 0 Å². The Hall–Kier alpha value is -1.66. The molecule has 2 unspecified atom stereocenters. The van der Waals surface area contributed by atoms with Crippen molar-refractivity contribution < 1.29 is 19.0 Å². The van der Waals surface area contributed by atoms with E-state index in [2.05, 4.69) is 0 Å². The average Bonchev–Trinajstić information content (AvgIpc) is 2.38. The van der Waals surface area contributed by atoms with Crippen molar-refractivity contribution >= 4 is 11.6 Å². The van der Waals surface area contributed by atoms with E-state index in [4.69, 9.17) is 10.5 Å². The molecule has 2 atom stereocenters. The fourth-order valence-corrected chi connectivity index (χ4v) is 2.28. The summed E-state index contributed by atoms with van der Waals surface area (Å²) in [7, 11) is 0. The highest BCUT2D eigenvalue weighted by Gasteiger charge is 2.31. The van der Waals surface area contributed by atoms with E-state index in [1.165, 1.54) is 12.1 Å². The summed E-state index contributed by atoms with van der Waals surface area (Å²) in [6, 6.07) is 3.74. The Morgan fingerprint density at radius 2 is 2.37 bits per heavy atom. The third-order valence-electron chi connectivity index (χ3n) is 3.21. The number of hydrogen-bond acceptors (Lipinski definition) is 4. The third kappa shape index (κ3) is 2.69. The van der Waals surface area contributed by atoms with E-state index in [0.29, 0.717) is 18.7 Å². The molecule has 1 aliphatic heterocycles. The zero-order valence-corrected chi connectivity index (χ0v) is 10.7. The summed E-state index contributed by atoms with van der Waals surface area (Å²) in [5.41, 5.74) is 5.99. The molecule has 1 aliphatic rings. The first-order valence-corrected chi connectivity index (χ1v) is 6.12. The van der Waals surface area contributed by atoms with Gasteiger partial charge in [-0.15, -0.1) is 0 Å². The third-order valence-corrected chi connectivity index (χ3v) is 3.21. The molecular formula is C13H17FN2O3. The van der Waals surface area contributed by atoms with E-state index in [-0.39, 0.29) is 12.3 Å². The second kappa shape index (κ2) is 5.54. The molecule has 0 saturated carbocycles. The summed E-state index contributed by atoms with van der Waals surface area (Å²) in [6.45, 7) is 2.42. The van der Waals surface area contributed by atoms with Crippen LogP contribution in [0, 0.1) is 5.82 Å². The number of nitrogens with zero attached hydrogens (tertiary/aromatic N) is 1. The zero-order chi connectivity index (χ0) is 14.0. The molecule has 0 radical (unpaired) electrons. The minimum absolute atomic E-state index is 0.128. The van der Waals surface area contributed by atoms with Crippen molar-refractivity contribution in [2.75, 3.05) is 24.7 Å². The van der Waals surface area contributed by atoms with Crippen LogP contribution in [0.5, 0.6) is 0 Å². The Morgan fingerprint density at radius 3 is 3.00 bits per heavy atom. The predicted molar refractivity (Wildman–Crippen MR) is 68.2 cm³/mol. The molecule has 19 heavy (non-hydrogen) atoms. The van der Waals surface area contributed by atoms with E-state index in [1.807, 2.05) is 0 Å². The number of anilines is 1. The highest BCUT2D eigenvalue weighted by Crippen LogP contribution is 2.31. The van der Waals surface area contributed by atoms with Crippen LogP contribution in [0.2, 0.25) is 0 Å². The Balaban J connectivity index is 2.46. The zero-order valence-electron chi connectivity index (χ0n) is 10.7. The predicted octanol–water partition coefficient (Wildman–Crippen LogP) is 0.569. The molecule has 1 saturated heterocycles. The van der Waals surface area contributed by atoms with Gasteiger partial charge >= 0.3 is 0 Å². The lowest BCUT2D eigenvalue weighted by molar-refractivity contribution is -0.121. The molecule has 1 amide bonds. The lowest BCUT2D eigenvalue weighted by atomic mass is 10.0. The molecule has 1 aromatic rings. The van der Waals surface area contributed by atoms with Gasteiger partial charge in [0.15, 0.2) is 0 Å². The number of hydrogen-bond donors (Lipinski definition) is 2. The van der Waals surface area contributed by atoms with Crippen LogP contribution in [0.1, 0.15) is 18.6 Å². The molecule has 5 nitrogen and oxygen atoms in total. The van der Waals surface area contributed by atoms with Crippen LogP contribution in [-0.2, 0) is 9.53 Å². The maximum absolute atomic E-state index is 14.1. The van der Waals surface area contributed by atoms with Gasteiger partial charge in [0.1, 0.15) is 11.9 Å². The smallest absolute Gasteiger partial charge is 0.242 e. The topological polar surface area (TPSA) is 75.8 Å². The van der Waals surface area contributed by atoms with Crippen LogP contribution in [-0.4, -0.2) is 36.8 Å². The molecule has 0 aromatic heterocycles. The van der Waals surface area contributed by atoms with E-state index in [9.17, 15) is 14.3 Å². The van der Waals surface area contributed by atoms with Crippen molar-refractivity contribution in [2.24, 2.45) is 5.73 Å². The second-order valence-corrected chi connectivity index (χ2v) is 4.54. The quantitative estimate of drug-likeness (QED) is 0.840. The fraction of sp³-hybridized carbons (Fsp3) is 0.462. The summed E-state index contributed by atoms with van der Waals surface area (Å²) >= 11 is 0. The summed E-state index contributed by atoms with van der Waals surface area (Å²) in [6.07, 6.45) is -0.831. The van der Waals surface area contributed by atoms with Crippen molar-refractivity contribution in [1.82, 2.24) is 0 Å². The van der Waals surface area contributed by atoms with E-state index < -0.39 is 23.9 Å². The molecule has 104 valence electrons. The van der Waals surface area contributed by atoms with Crippen molar-refractivity contribution in [1.29, 1.82) is 0 Å². The van der Waals surface area contributed by atoms with E-state index in [1.54, 1.807) is 17.9 Å². The van der Waals surface area contributed by atoms with Crippen LogP contribution in [0.15, 0.2) is 18.2 Å². The molecule has 1 heterocycles. The lowest BCUT2D eigenvalue weighted by Gasteiger charge is -2.37. The van der Waals surface area contributed by atoms with Gasteiger partial charge in [0, 0.05) is 12.1 Å². The fourth-order valence-electron chi connectivity index (χ4n) is 2.28. The van der Waals surface area contributed by atoms with Gasteiger partial charge in [-0.25, -0.2) is 4.39 Å². The van der Waals surface area contributed by atoms with Crippen molar-refractivity contribution in [3.05, 3.63) is 29.6 Å². The van der Waals surface area contributed by atoms with Crippen LogP contribution in [0.4, 0.5) is 10.1 Å². The Kier molecular flexibility index (Phi) is 4.01. The first-order valence-electron chi connectivity index (χ1n) is 6.12. The van der Waals surface area contributed by atoms with Crippen molar-refractivity contribution in [3.8, 4) is 0 Å². The molecule has 1 aromatic carbocycles. The molecular weight excluding hydrogens is 251 g/mol. The number of para-hydroxylation sites is 1. The standard InChI is InChI=1S/C13H17FN2O3/c1-8(17)9-3-2-4-10(14)12(9)16-5-6-19-7-11(16)13(15)18/h2-4,8,11,17H,5-7H2,1H3,(H2,15,18). The van der Waals surface area contributed by atoms with Gasteiger partial charge in [-0.1, -0.05) is 12.1 Å². The van der Waals surface area contributed by atoms with Gasteiger partial charge in [0.2, 0.25) is 5.91 Å². The Morgan fingerprint density at radius 1 is 1.63 bits per heavy atom. The summed E-state index contributed by atoms with van der Waals surface area (Å²) in [4.78, 5) is 13.0. The number of nitrogens with two attached hydrogens (primary N) is 1. The first-order chi connectivity index (χ1) is 9.02. The average molecular weight is 268 g/mol. The minimum Gasteiger partial charge on any atom is -0.389 e. The Bertz CT molecular complexity index is 479. The number of ether oxygens (including phenoxy) is 1. The number of primary amides is 1. The van der Waals surface area contributed by atoms with Crippen LogP contribution < -0.4 is 10.6 Å². The molecule has 0 aliphatic carbocycles. The van der Waals surface area contributed by atoms with Gasteiger partial charge in [-0.05, 0) is 13.0 Å². The summed E-state index contributed by atoms with van der Waals surface area (Å²) in [5.74, 6) is -1.05. The molecule has 2 rings (SSSR count). The summed E-state index contributed by atoms with van der Waals surface area (Å²) < 4.78 is 19.3. The van der Waals surface area contributed by atoms with Gasteiger partial charge < -0.3 is 20.5 Å². The van der Waals surface area contributed by atoms with Crippen LogP contribution >= 0.6 is 0 Å². The number of morpholine rings is 1. The molecule has 0 spiro atoms. The maximum atomic E-state index is 14.1. The number of carbonyl (C=O) groups is 1. The number of aliphatic hydroxyl groups is 1. The molecule has 1 fully saturated rings. The van der Waals surface area contributed by atoms with Gasteiger partial charge in [0.05, 0.1) is 25.0 Å². The first kappa shape index (κ1) is 13.8. The summed E-state index contributed by atoms with van der Waals surface area (Å²) in [5, 5.41) is 9.74. The molecule has 3 N–H and O–H groups in total. The van der Waals surface area contributed by atoms with Crippen molar-refractivity contribution in [3.63, 3.8) is 0 Å². The number of amides is 1. The highest BCUT2D eigenvalue weighted by molar-refractivity contribution is 5.84. The van der Waals surface area contributed by atoms with Gasteiger partial charge in [0.25, 0.3) is 0 Å². The normalized spacial score (nSPS) is 21.2. The van der Waals surface area contributed by atoms with E-state index >= 15 is 0 Å².